The first kappa shape index (κ1) is 9.78. The predicted octanol–water partition coefficient (Wildman–Crippen LogP) is 2.95. The fraction of sp³-hybridized carbons (Fsp3) is 0.333. The van der Waals surface area contributed by atoms with Crippen molar-refractivity contribution in [3.63, 3.8) is 0 Å². The number of rotatable bonds is 2. The number of anilines is 1. The lowest BCUT2D eigenvalue weighted by Crippen LogP contribution is -2.12. The van der Waals surface area contributed by atoms with E-state index in [1.165, 1.54) is 16.9 Å². The van der Waals surface area contributed by atoms with Crippen molar-refractivity contribution in [1.29, 1.82) is 0 Å². The van der Waals surface area contributed by atoms with Gasteiger partial charge < -0.3 is 5.32 Å². The maximum absolute atomic E-state index is 11.6. The minimum atomic E-state index is 0.121. The maximum atomic E-state index is 11.6. The van der Waals surface area contributed by atoms with Crippen molar-refractivity contribution in [1.82, 2.24) is 4.98 Å². The molecule has 4 heteroatoms. The number of thiazole rings is 1. The molecule has 82 valence electrons. The second-order valence-corrected chi connectivity index (χ2v) is 5.28. The Bertz CT molecular complexity index is 557. The van der Waals surface area contributed by atoms with Crippen molar-refractivity contribution >= 4 is 32.6 Å². The number of carbonyl (C=O) groups is 1. The molecule has 1 amide bonds. The Morgan fingerprint density at radius 2 is 2.31 bits per heavy atom. The minimum Gasteiger partial charge on any atom is -0.302 e. The van der Waals surface area contributed by atoms with E-state index in [-0.39, 0.29) is 11.8 Å². The zero-order valence-electron chi connectivity index (χ0n) is 8.99. The normalized spacial score (nSPS) is 15.3. The fourth-order valence-corrected chi connectivity index (χ4v) is 2.49. The number of carbonyl (C=O) groups excluding carboxylic acids is 1. The van der Waals surface area contributed by atoms with E-state index in [1.807, 2.05) is 13.0 Å². The van der Waals surface area contributed by atoms with Gasteiger partial charge in [-0.1, -0.05) is 17.4 Å². The summed E-state index contributed by atoms with van der Waals surface area (Å²) in [6.45, 7) is 2.04. The van der Waals surface area contributed by atoms with Gasteiger partial charge in [-0.2, -0.15) is 0 Å². The Hall–Kier alpha value is -1.42. The second-order valence-electron chi connectivity index (χ2n) is 4.25. The van der Waals surface area contributed by atoms with Gasteiger partial charge in [-0.15, -0.1) is 0 Å². The van der Waals surface area contributed by atoms with Crippen molar-refractivity contribution in [2.45, 2.75) is 19.8 Å². The van der Waals surface area contributed by atoms with Gasteiger partial charge in [0.15, 0.2) is 5.13 Å². The molecule has 3 nitrogen and oxygen atoms in total. The molecule has 1 aromatic carbocycles. The second kappa shape index (κ2) is 3.56. The Kier molecular flexibility index (Phi) is 2.17. The van der Waals surface area contributed by atoms with Gasteiger partial charge in [0, 0.05) is 5.92 Å². The van der Waals surface area contributed by atoms with Crippen LogP contribution in [0.25, 0.3) is 10.2 Å². The van der Waals surface area contributed by atoms with Gasteiger partial charge in [-0.3, -0.25) is 4.79 Å². The summed E-state index contributed by atoms with van der Waals surface area (Å²) >= 11 is 1.54. The number of aromatic nitrogens is 1. The summed E-state index contributed by atoms with van der Waals surface area (Å²) in [5.74, 6) is 0.351. The van der Waals surface area contributed by atoms with Gasteiger partial charge in [0.05, 0.1) is 10.2 Å². The Labute approximate surface area is 97.5 Å². The van der Waals surface area contributed by atoms with Crippen LogP contribution in [0.1, 0.15) is 18.4 Å². The minimum absolute atomic E-state index is 0.121. The molecule has 1 aliphatic carbocycles. The summed E-state index contributed by atoms with van der Waals surface area (Å²) in [5, 5.41) is 3.60. The molecule has 0 aliphatic heterocycles. The highest BCUT2D eigenvalue weighted by Crippen LogP contribution is 2.32. The highest BCUT2D eigenvalue weighted by molar-refractivity contribution is 7.22. The van der Waals surface area contributed by atoms with Crippen LogP contribution < -0.4 is 5.32 Å². The highest BCUT2D eigenvalue weighted by Gasteiger charge is 2.30. The lowest BCUT2D eigenvalue weighted by atomic mass is 10.2. The van der Waals surface area contributed by atoms with Gasteiger partial charge in [0.25, 0.3) is 0 Å². The molecule has 1 heterocycles. The van der Waals surface area contributed by atoms with E-state index < -0.39 is 0 Å². The summed E-state index contributed by atoms with van der Waals surface area (Å²) in [5.41, 5.74) is 2.16. The number of hydrogen-bond acceptors (Lipinski definition) is 3. The standard InChI is InChI=1S/C12H12N2OS/c1-7-2-5-10-9(6-7)13-12(16-10)14-11(15)8-3-4-8/h2,5-6,8H,3-4H2,1H3,(H,13,14,15). The molecule has 2 aromatic rings. The Morgan fingerprint density at radius 3 is 3.06 bits per heavy atom. The molecule has 16 heavy (non-hydrogen) atoms. The number of aryl methyl sites for hydroxylation is 1. The SMILES string of the molecule is Cc1ccc2sc(NC(=O)C3CC3)nc2c1. The fourth-order valence-electron chi connectivity index (χ4n) is 1.64. The van der Waals surface area contributed by atoms with Crippen LogP contribution in [0.2, 0.25) is 0 Å². The van der Waals surface area contributed by atoms with E-state index in [0.29, 0.717) is 0 Å². The average Bonchev–Trinajstić information content (AvgIpc) is 3.00. The van der Waals surface area contributed by atoms with E-state index in [9.17, 15) is 4.79 Å². The third kappa shape index (κ3) is 1.80. The first-order chi connectivity index (χ1) is 7.72. The molecule has 0 spiro atoms. The molecule has 1 fully saturated rings. The van der Waals surface area contributed by atoms with Crippen LogP contribution >= 0.6 is 11.3 Å². The summed E-state index contributed by atoms with van der Waals surface area (Å²) < 4.78 is 1.12. The van der Waals surface area contributed by atoms with Crippen molar-refractivity contribution in [3.05, 3.63) is 23.8 Å². The molecule has 1 aliphatic rings. The molecule has 0 unspecified atom stereocenters. The number of amides is 1. The molecule has 1 aromatic heterocycles. The van der Waals surface area contributed by atoms with Crippen LogP contribution in [0.4, 0.5) is 5.13 Å². The topological polar surface area (TPSA) is 42.0 Å². The van der Waals surface area contributed by atoms with Crippen molar-refractivity contribution in [3.8, 4) is 0 Å². The lowest BCUT2D eigenvalue weighted by Gasteiger charge is -1.96. The van der Waals surface area contributed by atoms with E-state index in [4.69, 9.17) is 0 Å². The molecule has 0 atom stereocenters. The number of fused-ring (bicyclic) bond motifs is 1. The van der Waals surface area contributed by atoms with Crippen LogP contribution in [0.5, 0.6) is 0 Å². The molecule has 3 rings (SSSR count). The first-order valence-corrected chi connectivity index (χ1v) is 6.22. The molecular formula is C12H12N2OS. The lowest BCUT2D eigenvalue weighted by molar-refractivity contribution is -0.117. The third-order valence-electron chi connectivity index (χ3n) is 2.72. The summed E-state index contributed by atoms with van der Waals surface area (Å²) in [4.78, 5) is 16.0. The van der Waals surface area contributed by atoms with Gasteiger partial charge >= 0.3 is 0 Å². The Balaban J connectivity index is 1.89. The zero-order chi connectivity index (χ0) is 11.1. The van der Waals surface area contributed by atoms with Crippen LogP contribution in [0.15, 0.2) is 18.2 Å². The molecule has 0 saturated heterocycles. The number of nitrogens with zero attached hydrogens (tertiary/aromatic N) is 1. The largest absolute Gasteiger partial charge is 0.302 e. The molecule has 1 saturated carbocycles. The number of nitrogens with one attached hydrogen (secondary N) is 1. The summed E-state index contributed by atoms with van der Waals surface area (Å²) in [7, 11) is 0. The molecule has 0 radical (unpaired) electrons. The highest BCUT2D eigenvalue weighted by atomic mass is 32.1. The molecular weight excluding hydrogens is 220 g/mol. The van der Waals surface area contributed by atoms with Crippen molar-refractivity contribution < 1.29 is 4.79 Å². The van der Waals surface area contributed by atoms with Gasteiger partial charge in [0.2, 0.25) is 5.91 Å². The average molecular weight is 232 g/mol. The van der Waals surface area contributed by atoms with E-state index in [2.05, 4.69) is 22.4 Å². The monoisotopic (exact) mass is 232 g/mol. The van der Waals surface area contributed by atoms with Crippen molar-refractivity contribution in [2.75, 3.05) is 5.32 Å². The predicted molar refractivity (Wildman–Crippen MR) is 65.7 cm³/mol. The maximum Gasteiger partial charge on any atom is 0.229 e. The van der Waals surface area contributed by atoms with E-state index >= 15 is 0 Å². The van der Waals surface area contributed by atoms with Gasteiger partial charge in [-0.05, 0) is 37.5 Å². The molecule has 1 N–H and O–H groups in total. The Morgan fingerprint density at radius 1 is 1.50 bits per heavy atom. The van der Waals surface area contributed by atoms with E-state index in [1.54, 1.807) is 0 Å². The number of benzene rings is 1. The summed E-state index contributed by atoms with van der Waals surface area (Å²) in [6, 6.07) is 6.15. The van der Waals surface area contributed by atoms with Gasteiger partial charge in [-0.25, -0.2) is 4.98 Å². The van der Waals surface area contributed by atoms with Crippen LogP contribution in [-0.2, 0) is 4.79 Å². The quantitative estimate of drug-likeness (QED) is 0.865. The van der Waals surface area contributed by atoms with E-state index in [0.717, 1.165) is 28.2 Å². The zero-order valence-corrected chi connectivity index (χ0v) is 9.80. The van der Waals surface area contributed by atoms with Crippen LogP contribution in [-0.4, -0.2) is 10.9 Å². The number of hydrogen-bond donors (Lipinski definition) is 1. The van der Waals surface area contributed by atoms with Crippen LogP contribution in [0, 0.1) is 12.8 Å². The first-order valence-electron chi connectivity index (χ1n) is 5.40. The smallest absolute Gasteiger partial charge is 0.229 e. The van der Waals surface area contributed by atoms with Crippen molar-refractivity contribution in [2.24, 2.45) is 5.92 Å². The molecule has 0 bridgehead atoms. The summed E-state index contributed by atoms with van der Waals surface area (Å²) in [6.07, 6.45) is 2.05. The van der Waals surface area contributed by atoms with Gasteiger partial charge in [0.1, 0.15) is 0 Å². The van der Waals surface area contributed by atoms with Crippen LogP contribution in [0.3, 0.4) is 0 Å². The third-order valence-corrected chi connectivity index (χ3v) is 3.67.